The van der Waals surface area contributed by atoms with Crippen LogP contribution in [0.15, 0.2) is 36.7 Å². The number of rotatable bonds is 5. The predicted molar refractivity (Wildman–Crippen MR) is 82.5 cm³/mol. The van der Waals surface area contributed by atoms with Gasteiger partial charge in [0.05, 0.1) is 18.8 Å². The standard InChI is InChI=1S/C17H21N3O/c1-18-17(15-10-16(21-2)20-11-19-15)14-9-4-3-8-13(14)12-6-5-7-12/h3-4,8-12,17-18H,5-7H2,1-2H3. The second kappa shape index (κ2) is 6.22. The van der Waals surface area contributed by atoms with Crippen LogP contribution in [0.4, 0.5) is 0 Å². The van der Waals surface area contributed by atoms with Gasteiger partial charge in [-0.15, -0.1) is 0 Å². The number of nitrogens with zero attached hydrogens (tertiary/aromatic N) is 2. The summed E-state index contributed by atoms with van der Waals surface area (Å²) < 4.78 is 5.22. The third kappa shape index (κ3) is 2.76. The molecule has 0 amide bonds. The number of aromatic nitrogens is 2. The summed E-state index contributed by atoms with van der Waals surface area (Å²) in [4.78, 5) is 8.52. The van der Waals surface area contributed by atoms with Gasteiger partial charge in [0, 0.05) is 6.07 Å². The van der Waals surface area contributed by atoms with E-state index in [1.807, 2.05) is 13.1 Å². The quantitative estimate of drug-likeness (QED) is 0.916. The Balaban J connectivity index is 1.99. The molecule has 0 radical (unpaired) electrons. The van der Waals surface area contributed by atoms with Crippen LogP contribution in [0, 0.1) is 0 Å². The lowest BCUT2D eigenvalue weighted by atomic mass is 9.77. The van der Waals surface area contributed by atoms with Gasteiger partial charge in [-0.1, -0.05) is 30.7 Å². The molecule has 21 heavy (non-hydrogen) atoms. The molecule has 1 fully saturated rings. The zero-order chi connectivity index (χ0) is 14.7. The van der Waals surface area contributed by atoms with Crippen molar-refractivity contribution < 1.29 is 4.74 Å². The molecule has 1 saturated carbocycles. The Hall–Kier alpha value is -1.94. The molecule has 4 heteroatoms. The van der Waals surface area contributed by atoms with Crippen LogP contribution in [0.2, 0.25) is 0 Å². The molecule has 0 bridgehead atoms. The van der Waals surface area contributed by atoms with Crippen molar-refractivity contribution >= 4 is 0 Å². The lowest BCUT2D eigenvalue weighted by Crippen LogP contribution is -2.22. The molecule has 2 aromatic rings. The third-order valence-corrected chi connectivity index (χ3v) is 4.31. The maximum Gasteiger partial charge on any atom is 0.216 e. The molecule has 110 valence electrons. The molecule has 0 aliphatic heterocycles. The largest absolute Gasteiger partial charge is 0.481 e. The van der Waals surface area contributed by atoms with Crippen molar-refractivity contribution in [3.8, 4) is 5.88 Å². The lowest BCUT2D eigenvalue weighted by Gasteiger charge is -2.30. The highest BCUT2D eigenvalue weighted by Crippen LogP contribution is 2.40. The minimum atomic E-state index is 0.0682. The van der Waals surface area contributed by atoms with Crippen molar-refractivity contribution in [2.45, 2.75) is 31.2 Å². The van der Waals surface area contributed by atoms with Gasteiger partial charge >= 0.3 is 0 Å². The van der Waals surface area contributed by atoms with Gasteiger partial charge in [0.25, 0.3) is 0 Å². The molecule has 1 aromatic heterocycles. The van der Waals surface area contributed by atoms with Crippen LogP contribution in [0.1, 0.15) is 48.0 Å². The van der Waals surface area contributed by atoms with Crippen LogP contribution in [0.3, 0.4) is 0 Å². The molecular formula is C17H21N3O. The van der Waals surface area contributed by atoms with Crippen LogP contribution >= 0.6 is 0 Å². The third-order valence-electron chi connectivity index (χ3n) is 4.31. The Morgan fingerprint density at radius 1 is 1.24 bits per heavy atom. The van der Waals surface area contributed by atoms with Crippen molar-refractivity contribution in [1.82, 2.24) is 15.3 Å². The van der Waals surface area contributed by atoms with E-state index in [1.54, 1.807) is 13.4 Å². The minimum Gasteiger partial charge on any atom is -0.481 e. The summed E-state index contributed by atoms with van der Waals surface area (Å²) in [5.74, 6) is 1.29. The second-order valence-corrected chi connectivity index (χ2v) is 5.46. The Morgan fingerprint density at radius 2 is 2.05 bits per heavy atom. The van der Waals surface area contributed by atoms with Crippen LogP contribution < -0.4 is 10.1 Å². The second-order valence-electron chi connectivity index (χ2n) is 5.46. The van der Waals surface area contributed by atoms with Gasteiger partial charge in [0.2, 0.25) is 5.88 Å². The van der Waals surface area contributed by atoms with Gasteiger partial charge in [-0.3, -0.25) is 0 Å². The molecule has 4 nitrogen and oxygen atoms in total. The molecule has 1 aromatic carbocycles. The first-order valence-electron chi connectivity index (χ1n) is 7.45. The Labute approximate surface area is 125 Å². The zero-order valence-electron chi connectivity index (χ0n) is 12.5. The van der Waals surface area contributed by atoms with Crippen LogP contribution in [0.5, 0.6) is 5.88 Å². The maximum atomic E-state index is 5.22. The van der Waals surface area contributed by atoms with Crippen molar-refractivity contribution in [2.75, 3.05) is 14.2 Å². The SMILES string of the molecule is CNC(c1cc(OC)ncn1)c1ccccc1C1CCC1. The summed E-state index contributed by atoms with van der Waals surface area (Å²) in [6.45, 7) is 0. The van der Waals surface area contributed by atoms with Gasteiger partial charge in [-0.25, -0.2) is 9.97 Å². The molecule has 0 spiro atoms. The van der Waals surface area contributed by atoms with E-state index in [-0.39, 0.29) is 6.04 Å². The van der Waals surface area contributed by atoms with Gasteiger partial charge < -0.3 is 10.1 Å². The fourth-order valence-electron chi connectivity index (χ4n) is 2.95. The fourth-order valence-corrected chi connectivity index (χ4v) is 2.95. The van der Waals surface area contributed by atoms with Gasteiger partial charge in [-0.05, 0) is 36.9 Å². The number of hydrogen-bond donors (Lipinski definition) is 1. The number of nitrogens with one attached hydrogen (secondary N) is 1. The van der Waals surface area contributed by atoms with E-state index < -0.39 is 0 Å². The molecule has 1 unspecified atom stereocenters. The zero-order valence-corrected chi connectivity index (χ0v) is 12.5. The number of hydrogen-bond acceptors (Lipinski definition) is 4. The Bertz CT molecular complexity index is 610. The predicted octanol–water partition coefficient (Wildman–Crippen LogP) is 3.06. The Kier molecular flexibility index (Phi) is 4.15. The topological polar surface area (TPSA) is 47.0 Å². The monoisotopic (exact) mass is 283 g/mol. The molecule has 1 heterocycles. The normalized spacial score (nSPS) is 16.3. The lowest BCUT2D eigenvalue weighted by molar-refractivity contribution is 0.394. The van der Waals surface area contributed by atoms with Crippen molar-refractivity contribution in [3.05, 3.63) is 53.5 Å². The molecule has 0 saturated heterocycles. The van der Waals surface area contributed by atoms with Crippen molar-refractivity contribution in [2.24, 2.45) is 0 Å². The molecule has 3 rings (SSSR count). The smallest absolute Gasteiger partial charge is 0.216 e. The maximum absolute atomic E-state index is 5.22. The summed E-state index contributed by atoms with van der Waals surface area (Å²) in [7, 11) is 3.60. The van der Waals surface area contributed by atoms with E-state index >= 15 is 0 Å². The summed E-state index contributed by atoms with van der Waals surface area (Å²) in [5.41, 5.74) is 3.70. The average molecular weight is 283 g/mol. The van der Waals surface area contributed by atoms with Crippen LogP contribution in [0.25, 0.3) is 0 Å². The molecule has 1 aliphatic carbocycles. The van der Waals surface area contributed by atoms with Gasteiger partial charge in [0.1, 0.15) is 6.33 Å². The highest BCUT2D eigenvalue weighted by atomic mass is 16.5. The average Bonchev–Trinajstić information content (AvgIpc) is 2.48. The van der Waals surface area contributed by atoms with Gasteiger partial charge in [0.15, 0.2) is 0 Å². The first-order valence-corrected chi connectivity index (χ1v) is 7.45. The van der Waals surface area contributed by atoms with E-state index in [9.17, 15) is 0 Å². The number of methoxy groups -OCH3 is 1. The number of benzene rings is 1. The summed E-state index contributed by atoms with van der Waals surface area (Å²) >= 11 is 0. The summed E-state index contributed by atoms with van der Waals surface area (Å²) in [5, 5.41) is 3.38. The molecule has 1 aliphatic rings. The van der Waals surface area contributed by atoms with E-state index in [1.165, 1.54) is 30.4 Å². The molecule has 1 N–H and O–H groups in total. The van der Waals surface area contributed by atoms with E-state index in [0.29, 0.717) is 11.8 Å². The first-order chi connectivity index (χ1) is 10.3. The fraction of sp³-hybridized carbons (Fsp3) is 0.412. The van der Waals surface area contributed by atoms with Crippen molar-refractivity contribution in [3.63, 3.8) is 0 Å². The molecular weight excluding hydrogens is 262 g/mol. The van der Waals surface area contributed by atoms with E-state index in [4.69, 9.17) is 4.74 Å². The van der Waals surface area contributed by atoms with E-state index in [0.717, 1.165) is 5.69 Å². The van der Waals surface area contributed by atoms with Crippen LogP contribution in [-0.2, 0) is 0 Å². The minimum absolute atomic E-state index is 0.0682. The Morgan fingerprint density at radius 3 is 2.71 bits per heavy atom. The van der Waals surface area contributed by atoms with Gasteiger partial charge in [-0.2, -0.15) is 0 Å². The highest BCUT2D eigenvalue weighted by Gasteiger charge is 2.25. The first kappa shape index (κ1) is 14.0. The van der Waals surface area contributed by atoms with E-state index in [2.05, 4.69) is 39.6 Å². The van der Waals surface area contributed by atoms with Crippen LogP contribution in [-0.4, -0.2) is 24.1 Å². The highest BCUT2D eigenvalue weighted by molar-refractivity contribution is 5.38. The molecule has 1 atom stereocenters. The van der Waals surface area contributed by atoms with Crippen molar-refractivity contribution in [1.29, 1.82) is 0 Å². The number of ether oxygens (including phenoxy) is 1. The summed E-state index contributed by atoms with van der Waals surface area (Å²) in [6.07, 6.45) is 5.48. The summed E-state index contributed by atoms with van der Waals surface area (Å²) in [6, 6.07) is 10.6.